The molecule has 1 fully saturated rings. The van der Waals surface area contributed by atoms with Crippen molar-refractivity contribution in [3.05, 3.63) is 33.8 Å². The van der Waals surface area contributed by atoms with Gasteiger partial charge in [-0.1, -0.05) is 43.5 Å². The fourth-order valence-electron chi connectivity index (χ4n) is 3.11. The molecule has 1 aromatic rings. The van der Waals surface area contributed by atoms with E-state index in [2.05, 4.69) is 18.7 Å². The first-order valence-electron chi connectivity index (χ1n) is 7.43. The van der Waals surface area contributed by atoms with E-state index in [-0.39, 0.29) is 12.1 Å². The van der Waals surface area contributed by atoms with Gasteiger partial charge in [-0.2, -0.15) is 0 Å². The van der Waals surface area contributed by atoms with Crippen LogP contribution in [0.1, 0.15) is 44.7 Å². The normalized spacial score (nSPS) is 24.9. The largest absolute Gasteiger partial charge is 0.326 e. The third kappa shape index (κ3) is 3.88. The van der Waals surface area contributed by atoms with Crippen LogP contribution in [0.3, 0.4) is 0 Å². The fourth-order valence-corrected chi connectivity index (χ4v) is 3.52. The Morgan fingerprint density at radius 2 is 2.05 bits per heavy atom. The summed E-state index contributed by atoms with van der Waals surface area (Å²) in [6, 6.07) is 5.98. The predicted octanol–water partition coefficient (Wildman–Crippen LogP) is 4.50. The Morgan fingerprint density at radius 3 is 2.75 bits per heavy atom. The summed E-state index contributed by atoms with van der Waals surface area (Å²) >= 11 is 12.6. The zero-order valence-electron chi connectivity index (χ0n) is 12.3. The maximum atomic E-state index is 6.45. The minimum atomic E-state index is 0.118. The van der Waals surface area contributed by atoms with Crippen molar-refractivity contribution in [2.24, 2.45) is 11.7 Å². The van der Waals surface area contributed by atoms with Crippen molar-refractivity contribution >= 4 is 23.2 Å². The van der Waals surface area contributed by atoms with Gasteiger partial charge in [-0.3, -0.25) is 4.90 Å². The maximum Gasteiger partial charge on any atom is 0.0514 e. The summed E-state index contributed by atoms with van der Waals surface area (Å²) in [5.74, 6) is 0.612. The quantitative estimate of drug-likeness (QED) is 0.889. The van der Waals surface area contributed by atoms with Crippen LogP contribution in [0.5, 0.6) is 0 Å². The second kappa shape index (κ2) is 7.13. The Kier molecular flexibility index (Phi) is 5.74. The van der Waals surface area contributed by atoms with Crippen LogP contribution >= 0.6 is 23.2 Å². The van der Waals surface area contributed by atoms with E-state index in [9.17, 15) is 0 Å². The van der Waals surface area contributed by atoms with Crippen molar-refractivity contribution in [1.29, 1.82) is 0 Å². The van der Waals surface area contributed by atoms with Gasteiger partial charge in [-0.15, -0.1) is 0 Å². The van der Waals surface area contributed by atoms with Crippen LogP contribution in [0.25, 0.3) is 0 Å². The molecule has 2 unspecified atom stereocenters. The highest BCUT2D eigenvalue weighted by Gasteiger charge is 2.30. The molecule has 1 aliphatic heterocycles. The van der Waals surface area contributed by atoms with Crippen molar-refractivity contribution < 1.29 is 0 Å². The Balaban J connectivity index is 2.36. The van der Waals surface area contributed by atoms with Gasteiger partial charge in [0.05, 0.1) is 6.04 Å². The molecule has 0 radical (unpaired) electrons. The molecule has 1 aromatic carbocycles. The molecule has 1 saturated heterocycles. The second-order valence-electron chi connectivity index (χ2n) is 6.16. The number of benzene rings is 1. The van der Waals surface area contributed by atoms with Gasteiger partial charge >= 0.3 is 0 Å². The minimum absolute atomic E-state index is 0.118. The summed E-state index contributed by atoms with van der Waals surface area (Å²) in [4.78, 5) is 2.49. The highest BCUT2D eigenvalue weighted by atomic mass is 35.5. The predicted molar refractivity (Wildman–Crippen MR) is 87.4 cm³/mol. The standard InChI is InChI=1S/C16H24Cl2N2/c1-11(2)10-20-8-4-3-5-15(19)16(20)13-9-12(17)6-7-14(13)18/h6-7,9,11,15-16H,3-5,8,10,19H2,1-2H3. The van der Waals surface area contributed by atoms with Crippen LogP contribution in [-0.2, 0) is 0 Å². The molecule has 2 N–H and O–H groups in total. The van der Waals surface area contributed by atoms with E-state index in [1.165, 1.54) is 12.8 Å². The molecule has 20 heavy (non-hydrogen) atoms. The molecule has 1 aliphatic rings. The molecule has 0 spiro atoms. The molecule has 0 bridgehead atoms. The molecule has 2 rings (SSSR count). The molecule has 0 saturated carbocycles. The van der Waals surface area contributed by atoms with Gasteiger partial charge in [0.15, 0.2) is 0 Å². The number of hydrogen-bond acceptors (Lipinski definition) is 2. The summed E-state index contributed by atoms with van der Waals surface area (Å²) in [6.07, 6.45) is 3.43. The van der Waals surface area contributed by atoms with Crippen LogP contribution in [0.2, 0.25) is 10.0 Å². The maximum absolute atomic E-state index is 6.45. The third-order valence-corrected chi connectivity index (χ3v) is 4.49. The summed E-state index contributed by atoms with van der Waals surface area (Å²) in [5.41, 5.74) is 7.53. The number of hydrogen-bond donors (Lipinski definition) is 1. The van der Waals surface area contributed by atoms with Crippen LogP contribution in [0.15, 0.2) is 18.2 Å². The average Bonchev–Trinajstić information content (AvgIpc) is 2.54. The van der Waals surface area contributed by atoms with Gasteiger partial charge in [-0.25, -0.2) is 0 Å². The second-order valence-corrected chi connectivity index (χ2v) is 7.00. The van der Waals surface area contributed by atoms with Crippen molar-refractivity contribution in [3.8, 4) is 0 Å². The van der Waals surface area contributed by atoms with Crippen LogP contribution in [0.4, 0.5) is 0 Å². The van der Waals surface area contributed by atoms with Crippen molar-refractivity contribution in [2.75, 3.05) is 13.1 Å². The van der Waals surface area contributed by atoms with E-state index < -0.39 is 0 Å². The molecular weight excluding hydrogens is 291 g/mol. The van der Waals surface area contributed by atoms with Crippen molar-refractivity contribution in [3.63, 3.8) is 0 Å². The molecular formula is C16H24Cl2N2. The SMILES string of the molecule is CC(C)CN1CCCCC(N)C1c1cc(Cl)ccc1Cl. The first-order chi connectivity index (χ1) is 9.49. The lowest BCUT2D eigenvalue weighted by atomic mass is 9.95. The zero-order chi connectivity index (χ0) is 14.7. The van der Waals surface area contributed by atoms with E-state index in [1.807, 2.05) is 18.2 Å². The molecule has 2 atom stereocenters. The van der Waals surface area contributed by atoms with E-state index in [0.717, 1.165) is 35.1 Å². The number of halogens is 2. The molecule has 0 aliphatic carbocycles. The number of nitrogens with two attached hydrogens (primary N) is 1. The Labute approximate surface area is 132 Å². The Bertz CT molecular complexity index is 448. The van der Waals surface area contributed by atoms with E-state index in [1.54, 1.807) is 0 Å². The first kappa shape index (κ1) is 16.1. The molecule has 0 aromatic heterocycles. The number of likely N-dealkylation sites (tertiary alicyclic amines) is 1. The molecule has 0 amide bonds. The van der Waals surface area contributed by atoms with E-state index in [4.69, 9.17) is 28.9 Å². The molecule has 2 nitrogen and oxygen atoms in total. The van der Waals surface area contributed by atoms with Crippen LogP contribution in [-0.4, -0.2) is 24.0 Å². The highest BCUT2D eigenvalue weighted by molar-refractivity contribution is 6.33. The highest BCUT2D eigenvalue weighted by Crippen LogP contribution is 2.35. The summed E-state index contributed by atoms with van der Waals surface area (Å²) in [7, 11) is 0. The summed E-state index contributed by atoms with van der Waals surface area (Å²) in [6.45, 7) is 6.61. The zero-order valence-corrected chi connectivity index (χ0v) is 13.8. The van der Waals surface area contributed by atoms with Gasteiger partial charge in [0.2, 0.25) is 0 Å². The lowest BCUT2D eigenvalue weighted by molar-refractivity contribution is 0.166. The Hall–Kier alpha value is -0.280. The van der Waals surface area contributed by atoms with Crippen LogP contribution < -0.4 is 5.73 Å². The molecule has 112 valence electrons. The van der Waals surface area contributed by atoms with Crippen LogP contribution in [0, 0.1) is 5.92 Å². The van der Waals surface area contributed by atoms with Gasteiger partial charge in [0.25, 0.3) is 0 Å². The average molecular weight is 315 g/mol. The van der Waals surface area contributed by atoms with Gasteiger partial charge in [-0.05, 0) is 49.1 Å². The lowest BCUT2D eigenvalue weighted by Crippen LogP contribution is -2.41. The van der Waals surface area contributed by atoms with Crippen molar-refractivity contribution in [2.45, 2.75) is 45.2 Å². The fraction of sp³-hybridized carbons (Fsp3) is 0.625. The number of rotatable bonds is 3. The van der Waals surface area contributed by atoms with Gasteiger partial charge in [0, 0.05) is 22.6 Å². The lowest BCUT2D eigenvalue weighted by Gasteiger charge is -2.35. The summed E-state index contributed by atoms with van der Waals surface area (Å²) < 4.78 is 0. The van der Waals surface area contributed by atoms with E-state index >= 15 is 0 Å². The topological polar surface area (TPSA) is 29.3 Å². The first-order valence-corrected chi connectivity index (χ1v) is 8.19. The summed E-state index contributed by atoms with van der Waals surface area (Å²) in [5, 5.41) is 1.50. The molecule has 4 heteroatoms. The Morgan fingerprint density at radius 1 is 1.30 bits per heavy atom. The van der Waals surface area contributed by atoms with E-state index in [0.29, 0.717) is 5.92 Å². The monoisotopic (exact) mass is 314 g/mol. The minimum Gasteiger partial charge on any atom is -0.326 e. The number of nitrogens with zero attached hydrogens (tertiary/aromatic N) is 1. The third-order valence-electron chi connectivity index (χ3n) is 3.91. The van der Waals surface area contributed by atoms with Gasteiger partial charge < -0.3 is 5.73 Å². The molecule has 1 heterocycles. The van der Waals surface area contributed by atoms with Crippen molar-refractivity contribution in [1.82, 2.24) is 4.90 Å². The van der Waals surface area contributed by atoms with Gasteiger partial charge in [0.1, 0.15) is 0 Å². The smallest absolute Gasteiger partial charge is 0.0514 e.